The van der Waals surface area contributed by atoms with Crippen LogP contribution in [0.3, 0.4) is 0 Å². The van der Waals surface area contributed by atoms with E-state index in [0.717, 1.165) is 5.56 Å². The number of para-hydroxylation sites is 2. The lowest BCUT2D eigenvalue weighted by Crippen LogP contribution is -2.39. The van der Waals surface area contributed by atoms with Crippen LogP contribution in [0.4, 0.5) is 11.4 Å². The van der Waals surface area contributed by atoms with E-state index in [1.807, 2.05) is 60.7 Å². The number of fused-ring (bicyclic) bond motifs is 1. The SMILES string of the molecule is O=C1/C(=C\Nc2ccc(Oc3ccccc3)cc2)S(=O)(=O)N(Cc2ccccc2)c2ccccc21. The zero-order chi connectivity index (χ0) is 24.3. The van der Waals surface area contributed by atoms with Crippen molar-refractivity contribution >= 4 is 27.2 Å². The van der Waals surface area contributed by atoms with E-state index in [1.165, 1.54) is 10.5 Å². The van der Waals surface area contributed by atoms with Gasteiger partial charge in [-0.05, 0) is 54.1 Å². The molecule has 1 heterocycles. The maximum absolute atomic E-state index is 13.5. The van der Waals surface area contributed by atoms with Crippen LogP contribution in [0.1, 0.15) is 15.9 Å². The van der Waals surface area contributed by atoms with Gasteiger partial charge in [0.2, 0.25) is 5.78 Å². The topological polar surface area (TPSA) is 75.7 Å². The number of rotatable bonds is 6. The summed E-state index contributed by atoms with van der Waals surface area (Å²) in [6.07, 6.45) is 1.26. The summed E-state index contributed by atoms with van der Waals surface area (Å²) in [6, 6.07) is 32.5. The number of anilines is 2. The molecule has 7 heteroatoms. The van der Waals surface area contributed by atoms with Gasteiger partial charge in [0.05, 0.1) is 12.2 Å². The zero-order valence-corrected chi connectivity index (χ0v) is 19.5. The monoisotopic (exact) mass is 482 g/mol. The van der Waals surface area contributed by atoms with Crippen LogP contribution in [0.15, 0.2) is 120 Å². The van der Waals surface area contributed by atoms with Gasteiger partial charge in [-0.2, -0.15) is 0 Å². The third kappa shape index (κ3) is 4.67. The highest BCUT2D eigenvalue weighted by Crippen LogP contribution is 2.36. The molecule has 0 fully saturated rings. The van der Waals surface area contributed by atoms with Crippen molar-refractivity contribution in [1.82, 2.24) is 0 Å². The summed E-state index contributed by atoms with van der Waals surface area (Å²) in [7, 11) is -4.09. The standard InChI is InChI=1S/C28H22N2O4S/c31-28-25-13-7-8-14-26(25)30(20-21-9-3-1-4-10-21)35(32,33)27(28)19-29-22-15-17-24(18-16-22)34-23-11-5-2-6-12-23/h1-19,29H,20H2/b27-19+. The van der Waals surface area contributed by atoms with Gasteiger partial charge in [0.25, 0.3) is 10.0 Å². The van der Waals surface area contributed by atoms with Crippen LogP contribution in [0.25, 0.3) is 0 Å². The fraction of sp³-hybridized carbons (Fsp3) is 0.0357. The third-order valence-corrected chi connectivity index (χ3v) is 7.35. The molecule has 0 amide bonds. The average molecular weight is 483 g/mol. The minimum absolute atomic E-state index is 0.121. The third-order valence-electron chi connectivity index (χ3n) is 5.58. The number of nitrogens with zero attached hydrogens (tertiary/aromatic N) is 1. The number of hydrogen-bond donors (Lipinski definition) is 1. The number of sulfonamides is 1. The molecule has 174 valence electrons. The Morgan fingerprint density at radius 2 is 1.34 bits per heavy atom. The van der Waals surface area contributed by atoms with Gasteiger partial charge < -0.3 is 10.1 Å². The summed E-state index contributed by atoms with van der Waals surface area (Å²) in [5.74, 6) is 0.812. The summed E-state index contributed by atoms with van der Waals surface area (Å²) in [6.45, 7) is 0.121. The summed E-state index contributed by atoms with van der Waals surface area (Å²) < 4.78 is 34.2. The number of ketones is 1. The smallest absolute Gasteiger partial charge is 0.270 e. The molecular formula is C28H22N2O4S. The van der Waals surface area contributed by atoms with Crippen molar-refractivity contribution in [3.8, 4) is 11.5 Å². The highest BCUT2D eigenvalue weighted by molar-refractivity contribution is 7.97. The molecular weight excluding hydrogens is 460 g/mol. The lowest BCUT2D eigenvalue weighted by Gasteiger charge is -2.31. The van der Waals surface area contributed by atoms with Crippen molar-refractivity contribution in [1.29, 1.82) is 0 Å². The second kappa shape index (κ2) is 9.48. The molecule has 0 saturated carbocycles. The number of hydrogen-bond acceptors (Lipinski definition) is 5. The zero-order valence-electron chi connectivity index (χ0n) is 18.7. The number of carbonyl (C=O) groups is 1. The number of benzene rings is 4. The molecule has 0 unspecified atom stereocenters. The average Bonchev–Trinajstić information content (AvgIpc) is 2.89. The number of nitrogens with one attached hydrogen (secondary N) is 1. The van der Waals surface area contributed by atoms with Gasteiger partial charge >= 0.3 is 0 Å². The molecule has 5 rings (SSSR count). The van der Waals surface area contributed by atoms with Crippen molar-refractivity contribution in [3.63, 3.8) is 0 Å². The maximum Gasteiger partial charge on any atom is 0.270 e. The normalized spacial score (nSPS) is 15.5. The van der Waals surface area contributed by atoms with Crippen LogP contribution in [0.5, 0.6) is 11.5 Å². The molecule has 1 aliphatic heterocycles. The molecule has 1 N–H and O–H groups in total. The van der Waals surface area contributed by atoms with Gasteiger partial charge in [-0.1, -0.05) is 60.7 Å². The fourth-order valence-electron chi connectivity index (χ4n) is 3.83. The van der Waals surface area contributed by atoms with Crippen LogP contribution >= 0.6 is 0 Å². The molecule has 35 heavy (non-hydrogen) atoms. The molecule has 4 aromatic carbocycles. The number of carbonyl (C=O) groups excluding carboxylic acids is 1. The Morgan fingerprint density at radius 3 is 2.06 bits per heavy atom. The van der Waals surface area contributed by atoms with Crippen LogP contribution in [-0.2, 0) is 16.6 Å². The summed E-state index contributed by atoms with van der Waals surface area (Å²) in [5.41, 5.74) is 2.16. The Labute approximate surface area is 204 Å². The largest absolute Gasteiger partial charge is 0.457 e. The lowest BCUT2D eigenvalue weighted by molar-refractivity contribution is 0.104. The molecule has 0 aromatic heterocycles. The van der Waals surface area contributed by atoms with E-state index < -0.39 is 15.8 Å². The van der Waals surface area contributed by atoms with Gasteiger partial charge in [0, 0.05) is 17.5 Å². The van der Waals surface area contributed by atoms with Crippen molar-refractivity contribution in [2.75, 3.05) is 9.62 Å². The Morgan fingerprint density at radius 1 is 0.743 bits per heavy atom. The molecule has 0 atom stereocenters. The number of allylic oxidation sites excluding steroid dienone is 1. The Kier molecular flexibility index (Phi) is 6.08. The predicted molar refractivity (Wildman–Crippen MR) is 137 cm³/mol. The van der Waals surface area contributed by atoms with Crippen LogP contribution in [-0.4, -0.2) is 14.2 Å². The Bertz CT molecular complexity index is 1480. The molecule has 0 radical (unpaired) electrons. The number of Topliss-reactive ketones (excluding diaryl/α,β-unsaturated/α-hetero) is 1. The fourth-order valence-corrected chi connectivity index (χ4v) is 5.36. The van der Waals surface area contributed by atoms with E-state index in [-0.39, 0.29) is 11.4 Å². The molecule has 0 saturated heterocycles. The van der Waals surface area contributed by atoms with Crippen LogP contribution < -0.4 is 14.4 Å². The molecule has 0 aliphatic carbocycles. The quantitative estimate of drug-likeness (QED) is 0.343. The highest BCUT2D eigenvalue weighted by atomic mass is 32.2. The van der Waals surface area contributed by atoms with Crippen molar-refractivity contribution in [2.24, 2.45) is 0 Å². The van der Waals surface area contributed by atoms with E-state index in [4.69, 9.17) is 4.74 Å². The Hall–Kier alpha value is -4.36. The first-order valence-corrected chi connectivity index (χ1v) is 12.5. The maximum atomic E-state index is 13.5. The van der Waals surface area contributed by atoms with Crippen molar-refractivity contribution in [3.05, 3.63) is 131 Å². The summed E-state index contributed by atoms with van der Waals surface area (Å²) >= 11 is 0. The molecule has 6 nitrogen and oxygen atoms in total. The second-order valence-corrected chi connectivity index (χ2v) is 9.77. The van der Waals surface area contributed by atoms with E-state index in [0.29, 0.717) is 28.4 Å². The van der Waals surface area contributed by atoms with Gasteiger partial charge in [0.15, 0.2) is 4.91 Å². The first-order chi connectivity index (χ1) is 17.0. The second-order valence-electron chi connectivity index (χ2n) is 7.94. The molecule has 0 spiro atoms. The van der Waals surface area contributed by atoms with E-state index in [9.17, 15) is 13.2 Å². The van der Waals surface area contributed by atoms with E-state index in [1.54, 1.807) is 48.5 Å². The minimum Gasteiger partial charge on any atom is -0.457 e. The molecule has 4 aromatic rings. The van der Waals surface area contributed by atoms with E-state index >= 15 is 0 Å². The first-order valence-electron chi connectivity index (χ1n) is 11.0. The summed E-state index contributed by atoms with van der Waals surface area (Å²) in [4.78, 5) is 12.9. The van der Waals surface area contributed by atoms with Crippen molar-refractivity contribution < 1.29 is 17.9 Å². The predicted octanol–water partition coefficient (Wildman–Crippen LogP) is 5.97. The highest BCUT2D eigenvalue weighted by Gasteiger charge is 2.40. The molecule has 1 aliphatic rings. The van der Waals surface area contributed by atoms with Gasteiger partial charge in [-0.3, -0.25) is 9.10 Å². The van der Waals surface area contributed by atoms with E-state index in [2.05, 4.69) is 5.32 Å². The lowest BCUT2D eigenvalue weighted by atomic mass is 10.1. The first kappa shape index (κ1) is 22.4. The number of ether oxygens (including phenoxy) is 1. The Balaban J connectivity index is 1.42. The minimum atomic E-state index is -4.09. The van der Waals surface area contributed by atoms with Crippen LogP contribution in [0, 0.1) is 0 Å². The van der Waals surface area contributed by atoms with Crippen LogP contribution in [0.2, 0.25) is 0 Å². The van der Waals surface area contributed by atoms with Gasteiger partial charge in [0.1, 0.15) is 11.5 Å². The van der Waals surface area contributed by atoms with Crippen molar-refractivity contribution in [2.45, 2.75) is 6.54 Å². The van der Waals surface area contributed by atoms with Gasteiger partial charge in [-0.15, -0.1) is 0 Å². The summed E-state index contributed by atoms with van der Waals surface area (Å²) in [5, 5.41) is 2.96. The molecule has 0 bridgehead atoms. The van der Waals surface area contributed by atoms with Gasteiger partial charge in [-0.25, -0.2) is 8.42 Å².